The number of amides is 1. The zero-order valence-electron chi connectivity index (χ0n) is 13.8. The number of hydrogen-bond acceptors (Lipinski definition) is 3. The third-order valence-corrected chi connectivity index (χ3v) is 5.14. The molecule has 0 saturated heterocycles. The number of aliphatic imine (C=N–C) groups is 1. The van der Waals surface area contributed by atoms with Gasteiger partial charge in [0.25, 0.3) is 5.91 Å². The molecule has 0 spiro atoms. The Morgan fingerprint density at radius 1 is 1.39 bits per heavy atom. The molecule has 0 fully saturated rings. The van der Waals surface area contributed by atoms with Crippen LogP contribution in [0.25, 0.3) is 0 Å². The fraction of sp³-hybridized carbons (Fsp3) is 0.500. The molecule has 1 atom stereocenters. The van der Waals surface area contributed by atoms with Gasteiger partial charge in [0.05, 0.1) is 5.57 Å². The molecule has 2 N–H and O–H groups in total. The molecule has 1 amide bonds. The first-order valence-electron chi connectivity index (χ1n) is 8.11. The van der Waals surface area contributed by atoms with Gasteiger partial charge in [0.1, 0.15) is 11.4 Å². The Morgan fingerprint density at radius 3 is 2.74 bits per heavy atom. The Bertz CT molecular complexity index is 710. The highest BCUT2D eigenvalue weighted by Gasteiger charge is 2.43. The monoisotopic (exact) mass is 314 g/mol. The second-order valence-electron chi connectivity index (χ2n) is 6.88. The van der Waals surface area contributed by atoms with Crippen LogP contribution in [0.3, 0.4) is 0 Å². The fourth-order valence-electron chi connectivity index (χ4n) is 3.22. The summed E-state index contributed by atoms with van der Waals surface area (Å²) in [6, 6.07) is 0. The summed E-state index contributed by atoms with van der Waals surface area (Å²) in [5.41, 5.74) is 2.31. The molecule has 5 heteroatoms. The minimum Gasteiger partial charge on any atom is -0.478 e. The van der Waals surface area contributed by atoms with E-state index < -0.39 is 11.5 Å². The SMILES string of the molecule is CC(C)C1(C)N=C(C2=C(C(=O)O)CC3=CCCCC3=C2)NC1=O. The molecule has 0 aromatic heterocycles. The number of nitrogens with zero attached hydrogens (tertiary/aromatic N) is 1. The summed E-state index contributed by atoms with van der Waals surface area (Å²) in [6.45, 7) is 5.68. The highest BCUT2D eigenvalue weighted by Crippen LogP contribution is 2.37. The van der Waals surface area contributed by atoms with Gasteiger partial charge >= 0.3 is 5.97 Å². The molecule has 3 aliphatic rings. The lowest BCUT2D eigenvalue weighted by molar-refractivity contribution is -0.132. The predicted octanol–water partition coefficient (Wildman–Crippen LogP) is 2.75. The third-order valence-electron chi connectivity index (χ3n) is 5.14. The quantitative estimate of drug-likeness (QED) is 0.840. The molecule has 5 nitrogen and oxygen atoms in total. The highest BCUT2D eigenvalue weighted by atomic mass is 16.4. The van der Waals surface area contributed by atoms with Crippen molar-refractivity contribution in [3.8, 4) is 0 Å². The topological polar surface area (TPSA) is 78.8 Å². The van der Waals surface area contributed by atoms with E-state index >= 15 is 0 Å². The van der Waals surface area contributed by atoms with Gasteiger partial charge < -0.3 is 10.4 Å². The van der Waals surface area contributed by atoms with E-state index in [1.807, 2.05) is 19.9 Å². The summed E-state index contributed by atoms with van der Waals surface area (Å²) in [4.78, 5) is 28.6. The van der Waals surface area contributed by atoms with Gasteiger partial charge in [-0.15, -0.1) is 0 Å². The molecule has 1 heterocycles. The standard InChI is InChI=1S/C18H22N2O3/c1-10(2)18(3)17(23)19-15(20-18)13-8-11-6-4-5-7-12(11)9-14(13)16(21)22/h7-8,10H,4-6,9H2,1-3H3,(H,21,22)(H,19,20,23). The highest BCUT2D eigenvalue weighted by molar-refractivity contribution is 6.19. The molecule has 1 aliphatic heterocycles. The summed E-state index contributed by atoms with van der Waals surface area (Å²) in [6.07, 6.45) is 7.46. The van der Waals surface area contributed by atoms with Gasteiger partial charge in [-0.25, -0.2) is 4.79 Å². The lowest BCUT2D eigenvalue weighted by Gasteiger charge is -2.24. The Hall–Kier alpha value is -2.17. The number of carbonyl (C=O) groups is 2. The Morgan fingerprint density at radius 2 is 2.13 bits per heavy atom. The molecule has 0 aromatic carbocycles. The van der Waals surface area contributed by atoms with Crippen LogP contribution in [-0.2, 0) is 9.59 Å². The maximum atomic E-state index is 12.3. The zero-order valence-corrected chi connectivity index (χ0v) is 13.8. The van der Waals surface area contributed by atoms with E-state index in [0.29, 0.717) is 23.4 Å². The summed E-state index contributed by atoms with van der Waals surface area (Å²) < 4.78 is 0. The van der Waals surface area contributed by atoms with Gasteiger partial charge in [-0.05, 0) is 49.3 Å². The van der Waals surface area contributed by atoms with Crippen LogP contribution in [0.4, 0.5) is 0 Å². The molecule has 1 unspecified atom stereocenters. The van der Waals surface area contributed by atoms with Crippen molar-refractivity contribution in [3.05, 3.63) is 34.4 Å². The maximum Gasteiger partial charge on any atom is 0.332 e. The number of carboxylic acids is 1. The molecule has 3 rings (SSSR count). The molecule has 0 saturated carbocycles. The average molecular weight is 314 g/mol. The minimum atomic E-state index is -0.947. The largest absolute Gasteiger partial charge is 0.478 e. The number of fused-ring (bicyclic) bond motifs is 1. The van der Waals surface area contributed by atoms with E-state index in [1.54, 1.807) is 6.92 Å². The van der Waals surface area contributed by atoms with Crippen LogP contribution in [-0.4, -0.2) is 28.4 Å². The van der Waals surface area contributed by atoms with E-state index in [9.17, 15) is 14.7 Å². The van der Waals surface area contributed by atoms with Crippen molar-refractivity contribution in [3.63, 3.8) is 0 Å². The summed E-state index contributed by atoms with van der Waals surface area (Å²) in [7, 11) is 0. The van der Waals surface area contributed by atoms with Crippen molar-refractivity contribution >= 4 is 17.7 Å². The van der Waals surface area contributed by atoms with Gasteiger partial charge in [-0.1, -0.05) is 19.9 Å². The van der Waals surface area contributed by atoms with Crippen LogP contribution in [0, 0.1) is 5.92 Å². The zero-order chi connectivity index (χ0) is 16.8. The first-order chi connectivity index (χ1) is 10.8. The minimum absolute atomic E-state index is 0.0373. The molecular formula is C18H22N2O3. The van der Waals surface area contributed by atoms with Crippen molar-refractivity contribution in [2.45, 2.75) is 52.0 Å². The lowest BCUT2D eigenvalue weighted by Crippen LogP contribution is -2.41. The van der Waals surface area contributed by atoms with E-state index in [1.165, 1.54) is 5.57 Å². The normalized spacial score (nSPS) is 27.3. The van der Waals surface area contributed by atoms with E-state index in [-0.39, 0.29) is 11.8 Å². The van der Waals surface area contributed by atoms with Gasteiger partial charge in [-0.2, -0.15) is 0 Å². The summed E-state index contributed by atoms with van der Waals surface area (Å²) in [5.74, 6) is -0.670. The van der Waals surface area contributed by atoms with Crippen molar-refractivity contribution in [1.29, 1.82) is 0 Å². The molecule has 2 aliphatic carbocycles. The van der Waals surface area contributed by atoms with Crippen molar-refractivity contribution in [2.75, 3.05) is 0 Å². The van der Waals surface area contributed by atoms with Crippen molar-refractivity contribution < 1.29 is 14.7 Å². The molecule has 0 bridgehead atoms. The number of carbonyl (C=O) groups excluding carboxylic acids is 1. The molecule has 122 valence electrons. The predicted molar refractivity (Wildman–Crippen MR) is 88.1 cm³/mol. The Kier molecular flexibility index (Phi) is 3.74. The van der Waals surface area contributed by atoms with Crippen LogP contribution in [0.5, 0.6) is 0 Å². The Labute approximate surface area is 135 Å². The van der Waals surface area contributed by atoms with Crippen molar-refractivity contribution in [1.82, 2.24) is 5.32 Å². The number of allylic oxidation sites excluding steroid dienone is 3. The maximum absolute atomic E-state index is 12.3. The summed E-state index contributed by atoms with van der Waals surface area (Å²) in [5, 5.41) is 12.4. The first-order valence-corrected chi connectivity index (χ1v) is 8.11. The number of aliphatic carboxylic acids is 1. The molecular weight excluding hydrogens is 292 g/mol. The second kappa shape index (κ2) is 5.48. The number of amidine groups is 1. The van der Waals surface area contributed by atoms with Crippen LogP contribution in [0.1, 0.15) is 46.5 Å². The first kappa shape index (κ1) is 15.7. The lowest BCUT2D eigenvalue weighted by atomic mass is 9.82. The van der Waals surface area contributed by atoms with Crippen LogP contribution in [0.15, 0.2) is 39.4 Å². The van der Waals surface area contributed by atoms with Gasteiger partial charge in [0.15, 0.2) is 0 Å². The summed E-state index contributed by atoms with van der Waals surface area (Å²) >= 11 is 0. The molecule has 0 radical (unpaired) electrons. The smallest absolute Gasteiger partial charge is 0.332 e. The molecule has 0 aromatic rings. The van der Waals surface area contributed by atoms with Gasteiger partial charge in [-0.3, -0.25) is 9.79 Å². The van der Waals surface area contributed by atoms with E-state index in [2.05, 4.69) is 16.4 Å². The van der Waals surface area contributed by atoms with Gasteiger partial charge in [0.2, 0.25) is 0 Å². The third kappa shape index (κ3) is 2.54. The van der Waals surface area contributed by atoms with Gasteiger partial charge in [0, 0.05) is 12.0 Å². The van der Waals surface area contributed by atoms with E-state index in [4.69, 9.17) is 0 Å². The number of rotatable bonds is 3. The van der Waals surface area contributed by atoms with Crippen LogP contribution in [0.2, 0.25) is 0 Å². The fourth-order valence-corrected chi connectivity index (χ4v) is 3.22. The second-order valence-corrected chi connectivity index (χ2v) is 6.88. The molecule has 23 heavy (non-hydrogen) atoms. The number of hydrogen-bond donors (Lipinski definition) is 2. The van der Waals surface area contributed by atoms with Crippen molar-refractivity contribution in [2.24, 2.45) is 10.9 Å². The van der Waals surface area contributed by atoms with Crippen LogP contribution >= 0.6 is 0 Å². The Balaban J connectivity index is 2.08. The average Bonchev–Trinajstić information content (AvgIpc) is 2.82. The number of nitrogens with one attached hydrogen (secondary N) is 1. The number of carboxylic acid groups (broad SMARTS) is 1. The van der Waals surface area contributed by atoms with E-state index in [0.717, 1.165) is 24.8 Å². The van der Waals surface area contributed by atoms with Crippen LogP contribution < -0.4 is 5.32 Å².